The highest BCUT2D eigenvalue weighted by Crippen LogP contribution is 2.60. The van der Waals surface area contributed by atoms with Crippen LogP contribution in [-0.4, -0.2) is 37.4 Å². The predicted octanol–water partition coefficient (Wildman–Crippen LogP) is 3.43. The molecule has 2 aromatic heterocycles. The highest BCUT2D eigenvalue weighted by atomic mass is 19.4. The van der Waals surface area contributed by atoms with Gasteiger partial charge in [0.1, 0.15) is 0 Å². The van der Waals surface area contributed by atoms with Crippen molar-refractivity contribution < 1.29 is 27.6 Å². The summed E-state index contributed by atoms with van der Waals surface area (Å²) in [7, 11) is 0. The fraction of sp³-hybridized carbons (Fsp3) is 0.700. The van der Waals surface area contributed by atoms with Gasteiger partial charge in [0, 0.05) is 19.0 Å². The van der Waals surface area contributed by atoms with E-state index in [0.29, 0.717) is 17.7 Å². The molecule has 170 valence electrons. The average molecular weight is 441 g/mol. The summed E-state index contributed by atoms with van der Waals surface area (Å²) in [6, 6.07) is -0.286. The number of aromatic amines is 1. The second-order valence-corrected chi connectivity index (χ2v) is 9.32. The number of nitrogens with zero attached hydrogens (tertiary/aromatic N) is 3. The largest absolute Gasteiger partial charge is 0.490 e. The van der Waals surface area contributed by atoms with E-state index in [1.165, 1.54) is 38.5 Å². The van der Waals surface area contributed by atoms with E-state index < -0.39 is 12.1 Å². The second kappa shape index (κ2) is 8.25. The summed E-state index contributed by atoms with van der Waals surface area (Å²) in [4.78, 5) is 20.7. The van der Waals surface area contributed by atoms with Crippen molar-refractivity contribution >= 4 is 5.97 Å². The van der Waals surface area contributed by atoms with Crippen LogP contribution in [0.5, 0.6) is 0 Å². The number of alkyl halides is 3. The van der Waals surface area contributed by atoms with Gasteiger partial charge in [-0.05, 0) is 61.7 Å². The lowest BCUT2D eigenvalue weighted by Crippen LogP contribution is -2.47. The van der Waals surface area contributed by atoms with Crippen molar-refractivity contribution in [1.82, 2.24) is 20.1 Å². The number of halogens is 3. The fourth-order valence-corrected chi connectivity index (χ4v) is 6.05. The van der Waals surface area contributed by atoms with Gasteiger partial charge in [0.25, 0.3) is 0 Å². The van der Waals surface area contributed by atoms with Crippen molar-refractivity contribution in [1.29, 1.82) is 0 Å². The zero-order valence-electron chi connectivity index (χ0n) is 16.9. The molecule has 4 aliphatic rings. The maximum atomic E-state index is 10.6. The van der Waals surface area contributed by atoms with Gasteiger partial charge in [0.15, 0.2) is 5.82 Å². The Morgan fingerprint density at radius 3 is 2.32 bits per heavy atom. The molecule has 0 radical (unpaired) electrons. The predicted molar refractivity (Wildman–Crippen MR) is 102 cm³/mol. The normalized spacial score (nSPS) is 30.0. The first-order valence-corrected chi connectivity index (χ1v) is 10.5. The maximum absolute atomic E-state index is 10.6. The van der Waals surface area contributed by atoms with Gasteiger partial charge < -0.3 is 20.3 Å². The Morgan fingerprint density at radius 1 is 1.26 bits per heavy atom. The third-order valence-corrected chi connectivity index (χ3v) is 6.73. The summed E-state index contributed by atoms with van der Waals surface area (Å²) in [5, 5.41) is 11.4. The van der Waals surface area contributed by atoms with E-state index in [1.807, 2.05) is 6.20 Å². The minimum absolute atomic E-state index is 0.286. The number of carbonyl (C=O) groups is 1. The number of hydrogen-bond acceptors (Lipinski definition) is 6. The lowest BCUT2D eigenvalue weighted by Gasteiger charge is -2.56. The second-order valence-electron chi connectivity index (χ2n) is 9.32. The van der Waals surface area contributed by atoms with Crippen LogP contribution in [0.3, 0.4) is 0 Å². The number of imidazole rings is 1. The van der Waals surface area contributed by atoms with Crippen LogP contribution in [0.2, 0.25) is 0 Å². The summed E-state index contributed by atoms with van der Waals surface area (Å²) in [5.74, 6) is 1.48. The highest BCUT2D eigenvalue weighted by molar-refractivity contribution is 5.73. The van der Waals surface area contributed by atoms with E-state index in [1.54, 1.807) is 6.33 Å². The molecule has 1 atom stereocenters. The van der Waals surface area contributed by atoms with Gasteiger partial charge in [-0.2, -0.15) is 18.2 Å². The van der Waals surface area contributed by atoms with Crippen molar-refractivity contribution in [2.24, 2.45) is 28.9 Å². The number of rotatable bonds is 5. The number of nitrogens with one attached hydrogen (secondary N) is 1. The fourth-order valence-electron chi connectivity index (χ4n) is 6.05. The van der Waals surface area contributed by atoms with Crippen molar-refractivity contribution in [3.8, 4) is 0 Å². The molecule has 4 bridgehead atoms. The maximum Gasteiger partial charge on any atom is 0.490 e. The zero-order valence-corrected chi connectivity index (χ0v) is 16.9. The third-order valence-electron chi connectivity index (χ3n) is 6.73. The molecule has 4 saturated carbocycles. The Labute approximate surface area is 176 Å². The molecule has 2 aromatic rings. The first kappa shape index (κ1) is 21.8. The van der Waals surface area contributed by atoms with E-state index in [9.17, 15) is 13.2 Å². The Morgan fingerprint density at radius 2 is 1.84 bits per heavy atom. The van der Waals surface area contributed by atoms with Crippen LogP contribution in [0.15, 0.2) is 17.0 Å². The van der Waals surface area contributed by atoms with Gasteiger partial charge in [0.05, 0.1) is 18.1 Å². The molecular weight excluding hydrogens is 415 g/mol. The van der Waals surface area contributed by atoms with E-state index in [2.05, 4.69) is 20.1 Å². The minimum Gasteiger partial charge on any atom is -0.475 e. The quantitative estimate of drug-likeness (QED) is 0.648. The van der Waals surface area contributed by atoms with Gasteiger partial charge >= 0.3 is 12.1 Å². The molecule has 8 nitrogen and oxygen atoms in total. The molecule has 0 amide bonds. The lowest BCUT2D eigenvalue weighted by molar-refractivity contribution is -0.192. The number of carboxylic acid groups (broad SMARTS) is 1. The topological polar surface area (TPSA) is 131 Å². The Balaban J connectivity index is 0.000000289. The highest BCUT2D eigenvalue weighted by Gasteiger charge is 2.51. The molecule has 6 rings (SSSR count). The third kappa shape index (κ3) is 5.08. The molecule has 0 spiro atoms. The van der Waals surface area contributed by atoms with Crippen LogP contribution in [0.4, 0.5) is 13.2 Å². The van der Waals surface area contributed by atoms with Crippen LogP contribution in [0, 0.1) is 23.2 Å². The van der Waals surface area contributed by atoms with E-state index in [-0.39, 0.29) is 6.04 Å². The van der Waals surface area contributed by atoms with Gasteiger partial charge in [-0.1, -0.05) is 5.16 Å². The summed E-state index contributed by atoms with van der Waals surface area (Å²) in [6.07, 6.45) is 8.49. The standard InChI is InChI=1S/C18H25N5O.C2HF3O2/c19-15(4-14-9-20-10-21-14)17-22-16(23-24-17)8-18-5-11-1-12(6-18)3-13(2-11)7-18;3-2(4,5)1(6)7/h9-13,15H,1-8,19H2,(H,20,21);(H,6,7)/t11?,12?,13?,15-,18?;/m0./s1. The summed E-state index contributed by atoms with van der Waals surface area (Å²) in [6.45, 7) is 0. The number of H-pyrrole nitrogens is 1. The molecule has 31 heavy (non-hydrogen) atoms. The van der Waals surface area contributed by atoms with E-state index >= 15 is 0 Å². The van der Waals surface area contributed by atoms with Crippen LogP contribution < -0.4 is 5.73 Å². The molecule has 4 fully saturated rings. The van der Waals surface area contributed by atoms with Crippen molar-refractivity contribution in [2.75, 3.05) is 0 Å². The smallest absolute Gasteiger partial charge is 0.475 e. The first-order valence-electron chi connectivity index (χ1n) is 10.5. The Hall–Kier alpha value is -2.43. The van der Waals surface area contributed by atoms with Gasteiger partial charge in [-0.25, -0.2) is 9.78 Å². The molecule has 0 aliphatic heterocycles. The summed E-state index contributed by atoms with van der Waals surface area (Å²) in [5.41, 5.74) is 7.56. The van der Waals surface area contributed by atoms with Crippen molar-refractivity contribution in [3.63, 3.8) is 0 Å². The number of carboxylic acids is 1. The van der Waals surface area contributed by atoms with E-state index in [0.717, 1.165) is 35.7 Å². The van der Waals surface area contributed by atoms with Crippen LogP contribution >= 0.6 is 0 Å². The number of hydrogen-bond donors (Lipinski definition) is 3. The molecule has 2 heterocycles. The number of nitrogens with two attached hydrogens (primary N) is 1. The van der Waals surface area contributed by atoms with Gasteiger partial charge in [0.2, 0.25) is 5.89 Å². The molecule has 0 saturated heterocycles. The van der Waals surface area contributed by atoms with Gasteiger partial charge in [-0.15, -0.1) is 0 Å². The first-order chi connectivity index (χ1) is 14.6. The molecule has 0 unspecified atom stereocenters. The summed E-state index contributed by atoms with van der Waals surface area (Å²) < 4.78 is 37.2. The Kier molecular flexibility index (Phi) is 5.80. The van der Waals surface area contributed by atoms with Crippen molar-refractivity contribution in [3.05, 3.63) is 29.9 Å². The monoisotopic (exact) mass is 441 g/mol. The molecule has 4 aliphatic carbocycles. The van der Waals surface area contributed by atoms with Crippen molar-refractivity contribution in [2.45, 2.75) is 63.6 Å². The van der Waals surface area contributed by atoms with Crippen LogP contribution in [0.25, 0.3) is 0 Å². The SMILES string of the molecule is N[C@@H](Cc1c[nH]cn1)c1nc(CC23CC4CC(CC(C4)C2)C3)no1.O=C(O)C(F)(F)F. The summed E-state index contributed by atoms with van der Waals surface area (Å²) >= 11 is 0. The van der Waals surface area contributed by atoms with Gasteiger partial charge in [-0.3, -0.25) is 0 Å². The Bertz CT molecular complexity index is 861. The molecule has 11 heteroatoms. The number of aromatic nitrogens is 4. The van der Waals surface area contributed by atoms with E-state index in [4.69, 9.17) is 20.2 Å². The molecule has 4 N–H and O–H groups in total. The number of aliphatic carboxylic acids is 1. The lowest BCUT2D eigenvalue weighted by atomic mass is 9.49. The average Bonchev–Trinajstić information content (AvgIpc) is 3.32. The van der Waals surface area contributed by atoms with Crippen LogP contribution in [0.1, 0.15) is 62.0 Å². The van der Waals surface area contributed by atoms with Crippen LogP contribution in [-0.2, 0) is 17.6 Å². The molecular formula is C20H26F3N5O3. The zero-order chi connectivity index (χ0) is 22.2. The minimum atomic E-state index is -5.08. The molecule has 0 aromatic carbocycles.